The van der Waals surface area contributed by atoms with Gasteiger partial charge in [-0.3, -0.25) is 14.5 Å². The predicted molar refractivity (Wildman–Crippen MR) is 108 cm³/mol. The minimum absolute atomic E-state index is 0.199. The minimum Gasteiger partial charge on any atom is -0.497 e. The van der Waals surface area contributed by atoms with Crippen molar-refractivity contribution in [2.45, 2.75) is 11.3 Å². The van der Waals surface area contributed by atoms with Crippen LogP contribution in [-0.2, 0) is 14.8 Å². The Labute approximate surface area is 164 Å². The lowest BCUT2D eigenvalue weighted by atomic mass is 10.2. The maximum Gasteiger partial charge on any atom is 0.263 e. The van der Waals surface area contributed by atoms with Gasteiger partial charge >= 0.3 is 0 Å². The molecule has 0 spiro atoms. The Balaban J connectivity index is 1.45. The van der Waals surface area contributed by atoms with Crippen molar-refractivity contribution < 1.29 is 17.9 Å². The second kappa shape index (κ2) is 8.71. The van der Waals surface area contributed by atoms with Crippen molar-refractivity contribution >= 4 is 27.8 Å². The lowest BCUT2D eigenvalue weighted by molar-refractivity contribution is -0.116. The number of benzene rings is 2. The highest BCUT2D eigenvalue weighted by atomic mass is 32.2. The Morgan fingerprint density at radius 2 is 1.93 bits per heavy atom. The van der Waals surface area contributed by atoms with E-state index in [1.54, 1.807) is 37.5 Å². The van der Waals surface area contributed by atoms with Crippen LogP contribution in [0.2, 0.25) is 0 Å². The number of amides is 1. The van der Waals surface area contributed by atoms with Crippen LogP contribution in [0.3, 0.4) is 0 Å². The first-order valence-electron chi connectivity index (χ1n) is 8.76. The second-order valence-electron chi connectivity index (χ2n) is 6.08. The molecule has 0 atom stereocenters. The van der Waals surface area contributed by atoms with E-state index in [1.165, 1.54) is 6.08 Å². The number of rotatable bonds is 7. The van der Waals surface area contributed by atoms with Gasteiger partial charge in [0.15, 0.2) is 0 Å². The Morgan fingerprint density at radius 1 is 1.18 bits per heavy atom. The molecule has 1 aliphatic heterocycles. The molecule has 1 heterocycles. The summed E-state index contributed by atoms with van der Waals surface area (Å²) in [6.45, 7) is 0.839. The number of nitrogens with one attached hydrogen (secondary N) is 2. The van der Waals surface area contributed by atoms with E-state index < -0.39 is 10.0 Å². The van der Waals surface area contributed by atoms with Crippen LogP contribution in [0.15, 0.2) is 64.5 Å². The molecule has 1 aliphatic rings. The average molecular weight is 399 g/mol. The summed E-state index contributed by atoms with van der Waals surface area (Å²) >= 11 is 0. The van der Waals surface area contributed by atoms with Crippen molar-refractivity contribution in [2.24, 2.45) is 4.99 Å². The topological polar surface area (TPSA) is 96.9 Å². The van der Waals surface area contributed by atoms with Crippen LogP contribution in [0.25, 0.3) is 6.08 Å². The highest BCUT2D eigenvalue weighted by molar-refractivity contribution is 7.90. The van der Waals surface area contributed by atoms with Gasteiger partial charge in [0.1, 0.15) is 11.6 Å². The molecule has 2 aromatic rings. The van der Waals surface area contributed by atoms with Gasteiger partial charge in [0, 0.05) is 24.7 Å². The van der Waals surface area contributed by atoms with Gasteiger partial charge in [0.25, 0.3) is 10.0 Å². The van der Waals surface area contributed by atoms with Gasteiger partial charge in [-0.2, -0.15) is 0 Å². The third kappa shape index (κ3) is 4.77. The Morgan fingerprint density at radius 3 is 2.68 bits per heavy atom. The molecule has 2 aromatic carbocycles. The molecule has 0 bridgehead atoms. The normalized spacial score (nSPS) is 16.0. The number of hydrogen-bond acceptors (Lipinski definition) is 5. The predicted octanol–water partition coefficient (Wildman–Crippen LogP) is 1.95. The van der Waals surface area contributed by atoms with Crippen LogP contribution in [-0.4, -0.2) is 40.4 Å². The van der Waals surface area contributed by atoms with Crippen LogP contribution in [0.1, 0.15) is 17.5 Å². The highest BCUT2D eigenvalue weighted by Gasteiger charge is 2.29. The zero-order valence-electron chi connectivity index (χ0n) is 15.4. The van der Waals surface area contributed by atoms with Gasteiger partial charge in [-0.25, -0.2) is 8.42 Å². The van der Waals surface area contributed by atoms with E-state index in [2.05, 4.69) is 15.0 Å². The van der Waals surface area contributed by atoms with Gasteiger partial charge in [-0.15, -0.1) is 0 Å². The molecular weight excluding hydrogens is 378 g/mol. The summed E-state index contributed by atoms with van der Waals surface area (Å²) in [6, 6.07) is 14.1. The van der Waals surface area contributed by atoms with Gasteiger partial charge in [0.2, 0.25) is 5.91 Å². The molecule has 0 saturated carbocycles. The first-order chi connectivity index (χ1) is 13.5. The van der Waals surface area contributed by atoms with Gasteiger partial charge in [-0.1, -0.05) is 24.3 Å². The number of carbonyl (C=O) groups excluding carboxylic acids is 1. The molecule has 0 aliphatic carbocycles. The van der Waals surface area contributed by atoms with Crippen LogP contribution in [0.5, 0.6) is 5.75 Å². The van der Waals surface area contributed by atoms with Crippen molar-refractivity contribution in [2.75, 3.05) is 20.2 Å². The fourth-order valence-corrected chi connectivity index (χ4v) is 3.93. The number of ether oxygens (including phenoxy) is 1. The largest absolute Gasteiger partial charge is 0.497 e. The van der Waals surface area contributed by atoms with E-state index >= 15 is 0 Å². The molecule has 0 saturated heterocycles. The SMILES string of the molecule is COc1ccc(/C=C/C(=O)NCCCN=C2NS(=O)(=O)c3ccccc32)cc1. The molecular formula is C20H21N3O4S. The summed E-state index contributed by atoms with van der Waals surface area (Å²) in [4.78, 5) is 16.4. The molecule has 1 amide bonds. The summed E-state index contributed by atoms with van der Waals surface area (Å²) in [5.41, 5.74) is 1.48. The number of amidine groups is 1. The van der Waals surface area contributed by atoms with E-state index in [-0.39, 0.29) is 10.8 Å². The summed E-state index contributed by atoms with van der Waals surface area (Å²) in [5, 5.41) is 2.78. The number of methoxy groups -OCH3 is 1. The van der Waals surface area contributed by atoms with Crippen LogP contribution in [0.4, 0.5) is 0 Å². The highest BCUT2D eigenvalue weighted by Crippen LogP contribution is 2.22. The number of sulfonamides is 1. The van der Waals surface area contributed by atoms with E-state index in [0.29, 0.717) is 30.9 Å². The minimum atomic E-state index is -3.52. The number of nitrogens with zero attached hydrogens (tertiary/aromatic N) is 1. The first kappa shape index (κ1) is 19.6. The van der Waals surface area contributed by atoms with Gasteiger partial charge in [0.05, 0.1) is 12.0 Å². The van der Waals surface area contributed by atoms with Crippen molar-refractivity contribution in [3.05, 3.63) is 65.7 Å². The van der Waals surface area contributed by atoms with E-state index in [9.17, 15) is 13.2 Å². The molecule has 0 radical (unpaired) electrons. The molecule has 0 fully saturated rings. The van der Waals surface area contributed by atoms with E-state index in [4.69, 9.17) is 4.74 Å². The monoisotopic (exact) mass is 399 g/mol. The summed E-state index contributed by atoms with van der Waals surface area (Å²) < 4.78 is 31.5. The molecule has 28 heavy (non-hydrogen) atoms. The molecule has 7 nitrogen and oxygen atoms in total. The smallest absolute Gasteiger partial charge is 0.263 e. The number of aliphatic imine (C=N–C) groups is 1. The quantitative estimate of drug-likeness (QED) is 0.549. The fourth-order valence-electron chi connectivity index (χ4n) is 2.68. The third-order valence-corrected chi connectivity index (χ3v) is 5.51. The molecule has 146 valence electrons. The van der Waals surface area contributed by atoms with Gasteiger partial charge in [-0.05, 0) is 42.3 Å². The Kier molecular flexibility index (Phi) is 6.10. The number of hydrogen-bond donors (Lipinski definition) is 2. The molecule has 8 heteroatoms. The lowest BCUT2D eigenvalue weighted by Crippen LogP contribution is -2.24. The van der Waals surface area contributed by atoms with E-state index in [0.717, 1.165) is 11.3 Å². The zero-order chi connectivity index (χ0) is 20.0. The summed E-state index contributed by atoms with van der Waals surface area (Å²) in [6.07, 6.45) is 3.78. The van der Waals surface area contributed by atoms with Crippen molar-refractivity contribution in [1.29, 1.82) is 0 Å². The van der Waals surface area contributed by atoms with Gasteiger partial charge < -0.3 is 10.1 Å². The second-order valence-corrected chi connectivity index (χ2v) is 7.73. The Hall–Kier alpha value is -3.13. The van der Waals surface area contributed by atoms with Crippen LogP contribution >= 0.6 is 0 Å². The lowest BCUT2D eigenvalue weighted by Gasteiger charge is -2.02. The number of fused-ring (bicyclic) bond motifs is 1. The molecule has 2 N–H and O–H groups in total. The maximum atomic E-state index is 12.0. The average Bonchev–Trinajstić information content (AvgIpc) is 2.97. The summed E-state index contributed by atoms with van der Waals surface area (Å²) in [5.74, 6) is 0.909. The molecule has 0 aromatic heterocycles. The van der Waals surface area contributed by atoms with E-state index in [1.807, 2.05) is 24.3 Å². The summed E-state index contributed by atoms with van der Waals surface area (Å²) in [7, 11) is -1.92. The Bertz CT molecular complexity index is 1010. The fraction of sp³-hybridized carbons (Fsp3) is 0.200. The van der Waals surface area contributed by atoms with Crippen molar-refractivity contribution in [1.82, 2.24) is 10.0 Å². The third-order valence-electron chi connectivity index (χ3n) is 4.11. The number of carbonyl (C=O) groups is 1. The first-order valence-corrected chi connectivity index (χ1v) is 10.2. The van der Waals surface area contributed by atoms with Crippen molar-refractivity contribution in [3.8, 4) is 5.75 Å². The zero-order valence-corrected chi connectivity index (χ0v) is 16.2. The standard InChI is InChI=1S/C20H21N3O4S/c1-27-16-10-7-15(8-11-16)9-12-19(24)21-13-4-14-22-20-17-5-2-3-6-18(17)28(25,26)23-20/h2-3,5-12H,4,13-14H2,1H3,(H,21,24)(H,22,23)/b12-9+. The van der Waals surface area contributed by atoms with Crippen LogP contribution < -0.4 is 14.8 Å². The molecule has 3 rings (SSSR count). The van der Waals surface area contributed by atoms with Crippen LogP contribution in [0, 0.1) is 0 Å². The molecule has 0 unspecified atom stereocenters. The van der Waals surface area contributed by atoms with Crippen molar-refractivity contribution in [3.63, 3.8) is 0 Å². The maximum absolute atomic E-state index is 12.0.